The van der Waals surface area contributed by atoms with Crippen molar-refractivity contribution in [3.63, 3.8) is 0 Å². The fourth-order valence-corrected chi connectivity index (χ4v) is 6.23. The molecule has 1 rings (SSSR count). The van der Waals surface area contributed by atoms with Gasteiger partial charge in [0.2, 0.25) is 0 Å². The number of para-hydroxylation sites is 2. The average molecular weight is 587 g/mol. The zero-order chi connectivity index (χ0) is 30.4. The molecule has 0 bridgehead atoms. The zero-order valence-electron chi connectivity index (χ0n) is 28.2. The maximum atomic E-state index is 11.7. The van der Waals surface area contributed by atoms with Crippen LogP contribution in [0.1, 0.15) is 194 Å². The lowest BCUT2D eigenvalue weighted by molar-refractivity contribution is -0.384. The van der Waals surface area contributed by atoms with E-state index in [2.05, 4.69) is 18.7 Å². The number of nitro benzene ring substituents is 1. The second-order valence-corrected chi connectivity index (χ2v) is 12.9. The third-order valence-corrected chi connectivity index (χ3v) is 8.98. The topological polar surface area (TPSA) is 46.4 Å². The Balaban J connectivity index is 2.19. The molecule has 4 heteroatoms. The van der Waals surface area contributed by atoms with E-state index in [4.69, 9.17) is 0 Å². The molecule has 0 aliphatic heterocycles. The molecule has 0 aliphatic carbocycles. The predicted octanol–water partition coefficient (Wildman–Crippen LogP) is 13.4. The number of hydrogen-bond acceptors (Lipinski definition) is 3. The summed E-state index contributed by atoms with van der Waals surface area (Å²) in [5.74, 6) is 0. The Hall–Kier alpha value is -1.58. The SMILES string of the molecule is CCCCCCCCCCCCCCCCN(CCCCCCCCCCCCCCCC)c1ccccc1[N+](=O)[O-]. The van der Waals surface area contributed by atoms with Gasteiger partial charge < -0.3 is 4.90 Å². The van der Waals surface area contributed by atoms with Crippen LogP contribution in [0.25, 0.3) is 0 Å². The minimum atomic E-state index is -0.210. The number of nitro groups is 1. The highest BCUT2D eigenvalue weighted by Crippen LogP contribution is 2.28. The first-order valence-corrected chi connectivity index (χ1v) is 18.7. The fraction of sp³-hybridized carbons (Fsp3) is 0.842. The molecular weight excluding hydrogens is 516 g/mol. The summed E-state index contributed by atoms with van der Waals surface area (Å²) in [5, 5.41) is 11.7. The minimum absolute atomic E-state index is 0.210. The van der Waals surface area contributed by atoms with Crippen LogP contribution in [-0.4, -0.2) is 18.0 Å². The van der Waals surface area contributed by atoms with Crippen LogP contribution in [0.4, 0.5) is 11.4 Å². The second kappa shape index (κ2) is 29.5. The summed E-state index contributed by atoms with van der Waals surface area (Å²) in [6.45, 7) is 6.43. The lowest BCUT2D eigenvalue weighted by atomic mass is 10.0. The van der Waals surface area contributed by atoms with Crippen LogP contribution < -0.4 is 4.90 Å². The van der Waals surface area contributed by atoms with Crippen molar-refractivity contribution < 1.29 is 4.92 Å². The maximum absolute atomic E-state index is 11.7. The van der Waals surface area contributed by atoms with Gasteiger partial charge >= 0.3 is 0 Å². The molecule has 4 nitrogen and oxygen atoms in total. The molecule has 0 saturated heterocycles. The molecule has 0 amide bonds. The van der Waals surface area contributed by atoms with Crippen molar-refractivity contribution in [1.29, 1.82) is 0 Å². The zero-order valence-corrected chi connectivity index (χ0v) is 28.2. The Bertz CT molecular complexity index is 691. The van der Waals surface area contributed by atoms with Crippen molar-refractivity contribution in [2.75, 3.05) is 18.0 Å². The summed E-state index contributed by atoms with van der Waals surface area (Å²) in [6.07, 6.45) is 38.0. The van der Waals surface area contributed by atoms with Crippen molar-refractivity contribution in [3.05, 3.63) is 34.4 Å². The molecule has 0 saturated carbocycles. The molecule has 1 aromatic carbocycles. The van der Waals surface area contributed by atoms with Crippen LogP contribution >= 0.6 is 0 Å². The Labute approximate surface area is 262 Å². The van der Waals surface area contributed by atoms with Gasteiger partial charge in [-0.25, -0.2) is 0 Å². The van der Waals surface area contributed by atoms with Crippen LogP contribution in [0.2, 0.25) is 0 Å². The van der Waals surface area contributed by atoms with E-state index in [1.165, 1.54) is 167 Å². The third kappa shape index (κ3) is 22.0. The van der Waals surface area contributed by atoms with Gasteiger partial charge in [-0.1, -0.05) is 193 Å². The van der Waals surface area contributed by atoms with E-state index in [0.717, 1.165) is 31.6 Å². The highest BCUT2D eigenvalue weighted by Gasteiger charge is 2.18. The smallest absolute Gasteiger partial charge is 0.292 e. The van der Waals surface area contributed by atoms with E-state index in [0.29, 0.717) is 0 Å². The van der Waals surface area contributed by atoms with Crippen molar-refractivity contribution in [2.45, 2.75) is 194 Å². The van der Waals surface area contributed by atoms with Gasteiger partial charge in [-0.05, 0) is 18.9 Å². The minimum Gasteiger partial charge on any atom is -0.366 e. The molecular formula is C38H70N2O2. The number of benzene rings is 1. The largest absolute Gasteiger partial charge is 0.366 e. The number of nitrogens with zero attached hydrogens (tertiary/aromatic N) is 2. The Morgan fingerprint density at radius 2 is 0.762 bits per heavy atom. The molecule has 0 spiro atoms. The van der Waals surface area contributed by atoms with E-state index < -0.39 is 0 Å². The van der Waals surface area contributed by atoms with Crippen molar-refractivity contribution >= 4 is 11.4 Å². The number of hydrogen-bond donors (Lipinski definition) is 0. The highest BCUT2D eigenvalue weighted by molar-refractivity contribution is 5.63. The Morgan fingerprint density at radius 1 is 0.476 bits per heavy atom. The average Bonchev–Trinajstić information content (AvgIpc) is 3.00. The maximum Gasteiger partial charge on any atom is 0.292 e. The van der Waals surface area contributed by atoms with Gasteiger partial charge in [0.15, 0.2) is 0 Å². The van der Waals surface area contributed by atoms with Crippen LogP contribution in [0.3, 0.4) is 0 Å². The van der Waals surface area contributed by atoms with E-state index >= 15 is 0 Å². The van der Waals surface area contributed by atoms with E-state index in [9.17, 15) is 10.1 Å². The normalized spacial score (nSPS) is 11.3. The number of unbranched alkanes of at least 4 members (excludes halogenated alkanes) is 26. The summed E-state index contributed by atoms with van der Waals surface area (Å²) in [7, 11) is 0. The number of rotatable bonds is 32. The second-order valence-electron chi connectivity index (χ2n) is 12.9. The molecule has 0 radical (unpaired) electrons. The van der Waals surface area contributed by atoms with E-state index in [1.54, 1.807) is 12.1 Å². The van der Waals surface area contributed by atoms with Gasteiger partial charge in [0.25, 0.3) is 5.69 Å². The molecule has 0 N–H and O–H groups in total. The summed E-state index contributed by atoms with van der Waals surface area (Å²) in [4.78, 5) is 13.8. The van der Waals surface area contributed by atoms with E-state index in [1.807, 2.05) is 12.1 Å². The monoisotopic (exact) mass is 587 g/mol. The fourth-order valence-electron chi connectivity index (χ4n) is 6.23. The van der Waals surface area contributed by atoms with Crippen LogP contribution in [0, 0.1) is 10.1 Å². The first kappa shape index (κ1) is 38.4. The molecule has 0 aliphatic rings. The lowest BCUT2D eigenvalue weighted by Crippen LogP contribution is -2.26. The first-order valence-electron chi connectivity index (χ1n) is 18.7. The molecule has 0 unspecified atom stereocenters. The van der Waals surface area contributed by atoms with Crippen molar-refractivity contribution in [1.82, 2.24) is 0 Å². The molecule has 0 atom stereocenters. The standard InChI is InChI=1S/C38H70N2O2/c1-3-5-7-9-11-13-15-17-19-21-23-25-27-31-35-39(37-33-29-30-34-38(37)40(41)42)36-32-28-26-24-22-20-18-16-14-12-10-8-6-4-2/h29-30,33-34H,3-28,31-32,35-36H2,1-2H3. The van der Waals surface area contributed by atoms with Crippen LogP contribution in [0.5, 0.6) is 0 Å². The summed E-state index contributed by atoms with van der Waals surface area (Å²) >= 11 is 0. The van der Waals surface area contributed by atoms with Gasteiger partial charge in [0.1, 0.15) is 5.69 Å². The summed E-state index contributed by atoms with van der Waals surface area (Å²) < 4.78 is 0. The van der Waals surface area contributed by atoms with Gasteiger partial charge in [-0.15, -0.1) is 0 Å². The molecule has 0 heterocycles. The van der Waals surface area contributed by atoms with Gasteiger partial charge in [-0.3, -0.25) is 10.1 Å². The van der Waals surface area contributed by atoms with E-state index in [-0.39, 0.29) is 10.6 Å². The third-order valence-electron chi connectivity index (χ3n) is 8.98. The van der Waals surface area contributed by atoms with Gasteiger partial charge in [0, 0.05) is 19.2 Å². The molecule has 42 heavy (non-hydrogen) atoms. The first-order chi connectivity index (χ1) is 20.7. The quantitative estimate of drug-likeness (QED) is 0.0479. The molecule has 244 valence electrons. The van der Waals surface area contributed by atoms with Crippen LogP contribution in [-0.2, 0) is 0 Å². The highest BCUT2D eigenvalue weighted by atomic mass is 16.6. The predicted molar refractivity (Wildman–Crippen MR) is 186 cm³/mol. The number of anilines is 1. The molecule has 0 aromatic heterocycles. The van der Waals surface area contributed by atoms with Gasteiger partial charge in [-0.2, -0.15) is 0 Å². The Morgan fingerprint density at radius 3 is 1.07 bits per heavy atom. The summed E-state index contributed by atoms with van der Waals surface area (Å²) in [5.41, 5.74) is 1.07. The van der Waals surface area contributed by atoms with Gasteiger partial charge in [0.05, 0.1) is 4.92 Å². The molecule has 0 fully saturated rings. The lowest BCUT2D eigenvalue weighted by Gasteiger charge is -2.24. The molecule has 1 aromatic rings. The summed E-state index contributed by atoms with van der Waals surface area (Å²) in [6, 6.07) is 7.36. The Kier molecular flexibility index (Phi) is 27.0. The van der Waals surface area contributed by atoms with Crippen LogP contribution in [0.15, 0.2) is 24.3 Å². The van der Waals surface area contributed by atoms with Crippen molar-refractivity contribution in [2.24, 2.45) is 0 Å². The van der Waals surface area contributed by atoms with Crippen molar-refractivity contribution in [3.8, 4) is 0 Å².